The Morgan fingerprint density at radius 1 is 1.07 bits per heavy atom. The first-order chi connectivity index (χ1) is 13.8. The molecule has 0 aliphatic rings. The van der Waals surface area contributed by atoms with E-state index in [1.54, 1.807) is 25.1 Å². The number of carbonyl (C=O) groups is 1. The molecule has 0 unspecified atom stereocenters. The summed E-state index contributed by atoms with van der Waals surface area (Å²) in [4.78, 5) is 12.9. The number of hydrogen-bond acceptors (Lipinski definition) is 4. The maximum atomic E-state index is 13.1. The van der Waals surface area contributed by atoms with Crippen molar-refractivity contribution in [3.05, 3.63) is 59.3 Å². The molecule has 29 heavy (non-hydrogen) atoms. The van der Waals surface area contributed by atoms with Crippen molar-refractivity contribution in [2.45, 2.75) is 13.1 Å². The second-order valence-electron chi connectivity index (χ2n) is 6.14. The summed E-state index contributed by atoms with van der Waals surface area (Å²) < 4.78 is 49.7. The number of H-pyrrole nitrogens is 1. The number of hydrogen-bond donors (Lipinski definition) is 2. The van der Waals surface area contributed by atoms with Crippen molar-refractivity contribution in [3.63, 3.8) is 0 Å². The third-order valence-electron chi connectivity index (χ3n) is 4.30. The van der Waals surface area contributed by atoms with E-state index in [0.29, 0.717) is 17.2 Å². The lowest BCUT2D eigenvalue weighted by Crippen LogP contribution is -2.15. The fraction of sp³-hybridized carbons (Fsp3) is 0.200. The highest BCUT2D eigenvalue weighted by atomic mass is 19.4. The fourth-order valence-corrected chi connectivity index (χ4v) is 2.88. The molecule has 0 radical (unpaired) electrons. The molecule has 0 aliphatic carbocycles. The van der Waals surface area contributed by atoms with Crippen LogP contribution >= 0.6 is 0 Å². The standard InChI is InChI=1S/C20H18F3N3O3/c1-11-17(24-19(27)16-14(28-2)8-5-9-15(16)29-3)18(26-25-11)12-6-4-7-13(10-12)20(21,22)23/h4-10H,1-3H3,(H,24,27)(H,25,26). The predicted molar refractivity (Wildman–Crippen MR) is 101 cm³/mol. The lowest BCUT2D eigenvalue weighted by molar-refractivity contribution is -0.137. The van der Waals surface area contributed by atoms with Gasteiger partial charge in [-0.15, -0.1) is 0 Å². The van der Waals surface area contributed by atoms with Gasteiger partial charge in [-0.05, 0) is 31.2 Å². The number of benzene rings is 2. The summed E-state index contributed by atoms with van der Waals surface area (Å²) in [5.41, 5.74) is 0.511. The molecule has 9 heteroatoms. The molecule has 0 atom stereocenters. The van der Waals surface area contributed by atoms with Gasteiger partial charge >= 0.3 is 6.18 Å². The number of methoxy groups -OCH3 is 2. The van der Waals surface area contributed by atoms with Crippen LogP contribution in [0.5, 0.6) is 11.5 Å². The molecule has 0 saturated carbocycles. The molecular formula is C20H18F3N3O3. The Hall–Kier alpha value is -3.49. The molecule has 2 N–H and O–H groups in total. The summed E-state index contributed by atoms with van der Waals surface area (Å²) in [6.45, 7) is 1.65. The largest absolute Gasteiger partial charge is 0.496 e. The maximum Gasteiger partial charge on any atom is 0.416 e. The van der Waals surface area contributed by atoms with Gasteiger partial charge in [0.2, 0.25) is 0 Å². The van der Waals surface area contributed by atoms with Crippen molar-refractivity contribution < 1.29 is 27.4 Å². The molecule has 3 aromatic rings. The molecule has 1 amide bonds. The first-order valence-corrected chi connectivity index (χ1v) is 8.51. The summed E-state index contributed by atoms with van der Waals surface area (Å²) in [5.74, 6) is 0.0456. The normalized spacial score (nSPS) is 11.2. The minimum atomic E-state index is -4.49. The van der Waals surface area contributed by atoms with Crippen LogP contribution in [-0.2, 0) is 6.18 Å². The fourth-order valence-electron chi connectivity index (χ4n) is 2.88. The average molecular weight is 405 g/mol. The number of amides is 1. The van der Waals surface area contributed by atoms with Crippen LogP contribution in [0.1, 0.15) is 21.6 Å². The molecule has 1 heterocycles. The quantitative estimate of drug-likeness (QED) is 0.647. The van der Waals surface area contributed by atoms with Crippen molar-refractivity contribution in [2.75, 3.05) is 19.5 Å². The minimum Gasteiger partial charge on any atom is -0.496 e. The van der Waals surface area contributed by atoms with E-state index in [-0.39, 0.29) is 22.5 Å². The van der Waals surface area contributed by atoms with E-state index in [0.717, 1.165) is 12.1 Å². The zero-order chi connectivity index (χ0) is 21.2. The summed E-state index contributed by atoms with van der Waals surface area (Å²) in [5, 5.41) is 9.48. The van der Waals surface area contributed by atoms with Gasteiger partial charge in [0.15, 0.2) is 0 Å². The van der Waals surface area contributed by atoms with Gasteiger partial charge in [-0.2, -0.15) is 18.3 Å². The van der Waals surface area contributed by atoms with Gasteiger partial charge in [-0.3, -0.25) is 9.89 Å². The minimum absolute atomic E-state index is 0.160. The van der Waals surface area contributed by atoms with Crippen molar-refractivity contribution in [1.29, 1.82) is 0 Å². The average Bonchev–Trinajstić information content (AvgIpc) is 3.06. The number of nitrogens with zero attached hydrogens (tertiary/aromatic N) is 1. The number of carbonyl (C=O) groups excluding carboxylic acids is 1. The molecule has 0 bridgehead atoms. The lowest BCUT2D eigenvalue weighted by atomic mass is 10.1. The zero-order valence-corrected chi connectivity index (χ0v) is 15.8. The summed E-state index contributed by atoms with van der Waals surface area (Å²) in [6.07, 6.45) is -4.49. The third kappa shape index (κ3) is 4.03. The van der Waals surface area contributed by atoms with E-state index in [4.69, 9.17) is 9.47 Å². The maximum absolute atomic E-state index is 13.1. The van der Waals surface area contributed by atoms with Gasteiger partial charge in [0, 0.05) is 5.56 Å². The second-order valence-corrected chi connectivity index (χ2v) is 6.14. The van der Waals surface area contributed by atoms with Crippen molar-refractivity contribution in [2.24, 2.45) is 0 Å². The van der Waals surface area contributed by atoms with Crippen molar-refractivity contribution >= 4 is 11.6 Å². The molecule has 2 aromatic carbocycles. The van der Waals surface area contributed by atoms with Gasteiger partial charge in [0.25, 0.3) is 5.91 Å². The first kappa shape index (κ1) is 20.2. The Bertz CT molecular complexity index is 1020. The predicted octanol–water partition coefficient (Wildman–Crippen LogP) is 4.67. The third-order valence-corrected chi connectivity index (χ3v) is 4.30. The van der Waals surface area contributed by atoms with Gasteiger partial charge in [0.05, 0.1) is 31.2 Å². The number of anilines is 1. The molecule has 0 spiro atoms. The van der Waals surface area contributed by atoms with Gasteiger partial charge in [-0.25, -0.2) is 0 Å². The lowest BCUT2D eigenvalue weighted by Gasteiger charge is -2.14. The van der Waals surface area contributed by atoms with Crippen LogP contribution in [0.3, 0.4) is 0 Å². The molecule has 0 fully saturated rings. The zero-order valence-electron chi connectivity index (χ0n) is 15.8. The Morgan fingerprint density at radius 3 is 2.28 bits per heavy atom. The van der Waals surface area contributed by atoms with E-state index in [9.17, 15) is 18.0 Å². The molecule has 152 valence electrons. The molecule has 0 saturated heterocycles. The van der Waals surface area contributed by atoms with Crippen molar-refractivity contribution in [3.8, 4) is 22.8 Å². The highest BCUT2D eigenvalue weighted by molar-refractivity contribution is 6.09. The topological polar surface area (TPSA) is 76.2 Å². The van der Waals surface area contributed by atoms with Gasteiger partial charge in [-0.1, -0.05) is 18.2 Å². The molecule has 0 aliphatic heterocycles. The number of ether oxygens (including phenoxy) is 2. The van der Waals surface area contributed by atoms with E-state index >= 15 is 0 Å². The van der Waals surface area contributed by atoms with Crippen LogP contribution in [0.25, 0.3) is 11.3 Å². The van der Waals surface area contributed by atoms with Crippen molar-refractivity contribution in [1.82, 2.24) is 10.2 Å². The second kappa shape index (κ2) is 7.86. The Balaban J connectivity index is 2.02. The summed E-state index contributed by atoms with van der Waals surface area (Å²) in [7, 11) is 2.84. The monoisotopic (exact) mass is 405 g/mol. The van der Waals surface area contributed by atoms with Crippen LogP contribution < -0.4 is 14.8 Å². The Morgan fingerprint density at radius 2 is 1.69 bits per heavy atom. The molecule has 3 rings (SSSR count). The van der Waals surface area contributed by atoms with Gasteiger partial charge < -0.3 is 14.8 Å². The number of aromatic nitrogens is 2. The van der Waals surface area contributed by atoms with E-state index in [1.807, 2.05) is 0 Å². The summed E-state index contributed by atoms with van der Waals surface area (Å²) in [6, 6.07) is 9.61. The number of nitrogens with one attached hydrogen (secondary N) is 2. The first-order valence-electron chi connectivity index (χ1n) is 8.51. The van der Waals surface area contributed by atoms with Crippen LogP contribution in [-0.4, -0.2) is 30.3 Å². The molecule has 6 nitrogen and oxygen atoms in total. The van der Waals surface area contributed by atoms with Crippen LogP contribution in [0, 0.1) is 6.92 Å². The number of halogens is 3. The van der Waals surface area contributed by atoms with Crippen LogP contribution in [0.15, 0.2) is 42.5 Å². The number of aryl methyl sites for hydroxylation is 1. The van der Waals surface area contributed by atoms with Crippen LogP contribution in [0.2, 0.25) is 0 Å². The van der Waals surface area contributed by atoms with Crippen LogP contribution in [0.4, 0.5) is 18.9 Å². The highest BCUT2D eigenvalue weighted by Gasteiger charge is 2.31. The number of aromatic amines is 1. The SMILES string of the molecule is COc1cccc(OC)c1C(=O)Nc1c(-c2cccc(C(F)(F)F)c2)n[nH]c1C. The smallest absolute Gasteiger partial charge is 0.416 e. The Kier molecular flexibility index (Phi) is 5.49. The van der Waals surface area contributed by atoms with E-state index in [2.05, 4.69) is 15.5 Å². The van der Waals surface area contributed by atoms with E-state index < -0.39 is 17.6 Å². The molecule has 1 aromatic heterocycles. The number of rotatable bonds is 5. The highest BCUT2D eigenvalue weighted by Crippen LogP contribution is 2.35. The molecular weight excluding hydrogens is 387 g/mol. The Labute approximate surface area is 164 Å². The number of alkyl halides is 3. The summed E-state index contributed by atoms with van der Waals surface area (Å²) >= 11 is 0. The van der Waals surface area contributed by atoms with Gasteiger partial charge in [0.1, 0.15) is 22.8 Å². The van der Waals surface area contributed by atoms with E-state index in [1.165, 1.54) is 26.4 Å².